The summed E-state index contributed by atoms with van der Waals surface area (Å²) in [5, 5.41) is 3.64. The predicted molar refractivity (Wildman–Crippen MR) is 38.5 cm³/mol. The van der Waals surface area contributed by atoms with E-state index in [1.807, 2.05) is 13.8 Å². The molecule has 1 aromatic heterocycles. The fourth-order valence-corrected chi connectivity index (χ4v) is 0.764. The van der Waals surface area contributed by atoms with Crippen LogP contribution in [0.5, 0.6) is 0 Å². The van der Waals surface area contributed by atoms with E-state index in [0.29, 0.717) is 11.6 Å². The third-order valence-electron chi connectivity index (χ3n) is 1.36. The minimum Gasteiger partial charge on any atom is -0.363 e. The van der Waals surface area contributed by atoms with E-state index in [2.05, 4.69) is 11.1 Å². The van der Waals surface area contributed by atoms with Crippen molar-refractivity contribution < 1.29 is 4.52 Å². The van der Waals surface area contributed by atoms with Gasteiger partial charge in [0.2, 0.25) is 0 Å². The highest BCUT2D eigenvalue weighted by Crippen LogP contribution is 2.16. The van der Waals surface area contributed by atoms with Crippen LogP contribution in [-0.4, -0.2) is 5.16 Å². The highest BCUT2D eigenvalue weighted by atomic mass is 16.5. The van der Waals surface area contributed by atoms with Gasteiger partial charge in [0.1, 0.15) is 6.26 Å². The van der Waals surface area contributed by atoms with Gasteiger partial charge >= 0.3 is 0 Å². The third kappa shape index (κ3) is 1.03. The Labute approximate surface area is 60.2 Å². The van der Waals surface area contributed by atoms with Crippen LogP contribution in [0.2, 0.25) is 0 Å². The van der Waals surface area contributed by atoms with Crippen LogP contribution in [0.15, 0.2) is 10.8 Å². The van der Waals surface area contributed by atoms with E-state index in [0.717, 1.165) is 5.56 Å². The average Bonchev–Trinajstić information content (AvgIpc) is 2.33. The van der Waals surface area contributed by atoms with Crippen LogP contribution in [0, 0.1) is 12.3 Å². The van der Waals surface area contributed by atoms with Gasteiger partial charge in [0.25, 0.3) is 0 Å². The van der Waals surface area contributed by atoms with E-state index in [1.165, 1.54) is 0 Å². The molecule has 0 N–H and O–H groups in total. The number of rotatable bonds is 1. The van der Waals surface area contributed by atoms with Crippen molar-refractivity contribution in [3.63, 3.8) is 0 Å². The van der Waals surface area contributed by atoms with Crippen molar-refractivity contribution in [1.29, 1.82) is 0 Å². The lowest BCUT2D eigenvalue weighted by Gasteiger charge is -1.96. The Kier molecular flexibility index (Phi) is 1.77. The molecule has 10 heavy (non-hydrogen) atoms. The maximum Gasteiger partial charge on any atom is 0.159 e. The molecule has 0 fully saturated rings. The van der Waals surface area contributed by atoms with Crippen molar-refractivity contribution >= 4 is 0 Å². The summed E-state index contributed by atoms with van der Waals surface area (Å²) in [5.74, 6) is 2.84. The van der Waals surface area contributed by atoms with E-state index in [-0.39, 0.29) is 0 Å². The van der Waals surface area contributed by atoms with Crippen LogP contribution >= 0.6 is 0 Å². The van der Waals surface area contributed by atoms with Crippen LogP contribution in [0.3, 0.4) is 0 Å². The second-order valence-electron chi connectivity index (χ2n) is 2.42. The van der Waals surface area contributed by atoms with Gasteiger partial charge in [-0.1, -0.05) is 19.0 Å². The summed E-state index contributed by atoms with van der Waals surface area (Å²) in [6, 6.07) is 0. The first-order chi connectivity index (χ1) is 4.75. The summed E-state index contributed by atoms with van der Waals surface area (Å²) < 4.78 is 4.71. The molecule has 0 aromatic carbocycles. The smallest absolute Gasteiger partial charge is 0.159 e. The van der Waals surface area contributed by atoms with E-state index < -0.39 is 0 Å². The monoisotopic (exact) mass is 135 g/mol. The third-order valence-corrected chi connectivity index (χ3v) is 1.36. The largest absolute Gasteiger partial charge is 0.363 e. The van der Waals surface area contributed by atoms with Gasteiger partial charge in [0.15, 0.2) is 5.69 Å². The molecule has 0 aliphatic rings. The zero-order valence-electron chi connectivity index (χ0n) is 6.09. The summed E-state index contributed by atoms with van der Waals surface area (Å²) >= 11 is 0. The van der Waals surface area contributed by atoms with Gasteiger partial charge < -0.3 is 4.52 Å². The molecule has 2 heteroatoms. The molecule has 1 heterocycles. The molecule has 0 atom stereocenters. The van der Waals surface area contributed by atoms with Crippen LogP contribution in [0.1, 0.15) is 31.0 Å². The molecule has 0 aliphatic carbocycles. The normalized spacial score (nSPS) is 9.80. The fraction of sp³-hybridized carbons (Fsp3) is 0.375. The number of nitrogens with zero attached hydrogens (tertiary/aromatic N) is 1. The standard InChI is InChI=1S/C8H9NO/c1-4-8-7(6(2)3)5-10-9-8/h1,5-6H,2-3H3. The zero-order chi connectivity index (χ0) is 7.56. The van der Waals surface area contributed by atoms with Crippen molar-refractivity contribution in [2.24, 2.45) is 0 Å². The maximum atomic E-state index is 5.16. The minimum absolute atomic E-state index is 0.386. The summed E-state index contributed by atoms with van der Waals surface area (Å²) in [4.78, 5) is 0. The van der Waals surface area contributed by atoms with Gasteiger partial charge in [-0.2, -0.15) is 0 Å². The van der Waals surface area contributed by atoms with E-state index in [9.17, 15) is 0 Å². The lowest BCUT2D eigenvalue weighted by Crippen LogP contribution is -1.87. The molecule has 52 valence electrons. The first-order valence-electron chi connectivity index (χ1n) is 3.16. The Bertz CT molecular complexity index is 254. The Morgan fingerprint density at radius 3 is 2.80 bits per heavy atom. The molecule has 0 aliphatic heterocycles. The van der Waals surface area contributed by atoms with Gasteiger partial charge in [-0.05, 0) is 11.8 Å². The molecular weight excluding hydrogens is 126 g/mol. The van der Waals surface area contributed by atoms with Crippen molar-refractivity contribution in [2.75, 3.05) is 0 Å². The first kappa shape index (κ1) is 6.88. The van der Waals surface area contributed by atoms with Crippen LogP contribution < -0.4 is 0 Å². The fourth-order valence-electron chi connectivity index (χ4n) is 0.764. The average molecular weight is 135 g/mol. The summed E-state index contributed by atoms with van der Waals surface area (Å²) in [6.07, 6.45) is 6.76. The Hall–Kier alpha value is -1.23. The topological polar surface area (TPSA) is 26.0 Å². The molecule has 0 spiro atoms. The Morgan fingerprint density at radius 2 is 2.40 bits per heavy atom. The van der Waals surface area contributed by atoms with E-state index in [1.54, 1.807) is 6.26 Å². The van der Waals surface area contributed by atoms with Crippen molar-refractivity contribution in [1.82, 2.24) is 5.16 Å². The van der Waals surface area contributed by atoms with Crippen LogP contribution in [-0.2, 0) is 0 Å². The van der Waals surface area contributed by atoms with Crippen LogP contribution in [0.25, 0.3) is 0 Å². The Balaban J connectivity index is 3.05. The van der Waals surface area contributed by atoms with Crippen molar-refractivity contribution in [3.8, 4) is 12.3 Å². The number of terminal acetylenes is 1. The number of aromatic nitrogens is 1. The van der Waals surface area contributed by atoms with Gasteiger partial charge in [0, 0.05) is 5.56 Å². The summed E-state index contributed by atoms with van der Waals surface area (Å²) in [6.45, 7) is 4.10. The molecule has 0 amide bonds. The molecule has 0 unspecified atom stereocenters. The maximum absolute atomic E-state index is 5.16. The van der Waals surface area contributed by atoms with Gasteiger partial charge in [-0.15, -0.1) is 6.42 Å². The van der Waals surface area contributed by atoms with Gasteiger partial charge in [0.05, 0.1) is 0 Å². The van der Waals surface area contributed by atoms with Crippen molar-refractivity contribution in [3.05, 3.63) is 17.5 Å². The molecule has 0 bridgehead atoms. The SMILES string of the molecule is C#Cc1nocc1C(C)C. The molecule has 0 radical (unpaired) electrons. The first-order valence-corrected chi connectivity index (χ1v) is 3.16. The lowest BCUT2D eigenvalue weighted by molar-refractivity contribution is 0.417. The summed E-state index contributed by atoms with van der Waals surface area (Å²) in [7, 11) is 0. The molecule has 1 rings (SSSR count). The highest BCUT2D eigenvalue weighted by Gasteiger charge is 2.07. The lowest BCUT2D eigenvalue weighted by atomic mass is 10.1. The quantitative estimate of drug-likeness (QED) is 0.548. The number of hydrogen-bond acceptors (Lipinski definition) is 2. The minimum atomic E-state index is 0.386. The second-order valence-corrected chi connectivity index (χ2v) is 2.42. The van der Waals surface area contributed by atoms with Gasteiger partial charge in [-0.25, -0.2) is 0 Å². The molecule has 0 saturated heterocycles. The molecule has 1 aromatic rings. The molecule has 0 saturated carbocycles. The van der Waals surface area contributed by atoms with E-state index >= 15 is 0 Å². The highest BCUT2D eigenvalue weighted by molar-refractivity contribution is 5.32. The zero-order valence-corrected chi connectivity index (χ0v) is 6.09. The van der Waals surface area contributed by atoms with Gasteiger partial charge in [-0.3, -0.25) is 0 Å². The number of hydrogen-bond donors (Lipinski definition) is 0. The predicted octanol–water partition coefficient (Wildman–Crippen LogP) is 1.78. The van der Waals surface area contributed by atoms with Crippen molar-refractivity contribution in [2.45, 2.75) is 19.8 Å². The molecular formula is C8H9NO. The second kappa shape index (κ2) is 2.57. The van der Waals surface area contributed by atoms with E-state index in [4.69, 9.17) is 10.9 Å². The molecule has 2 nitrogen and oxygen atoms in total. The Morgan fingerprint density at radius 1 is 1.70 bits per heavy atom. The van der Waals surface area contributed by atoms with Crippen LogP contribution in [0.4, 0.5) is 0 Å². The summed E-state index contributed by atoms with van der Waals surface area (Å²) in [5.41, 5.74) is 1.62.